The summed E-state index contributed by atoms with van der Waals surface area (Å²) < 4.78 is 11.6. The lowest BCUT2D eigenvalue weighted by atomic mass is 9.52. The monoisotopic (exact) mass is 887 g/mol. The topological polar surface area (TPSA) is 35.5 Å². The molecule has 4 aromatic carbocycles. The second-order valence-electron chi connectivity index (χ2n) is 19.9. The highest BCUT2D eigenvalue weighted by Gasteiger charge is 2.48. The zero-order chi connectivity index (χ0) is 47.7. The van der Waals surface area contributed by atoms with E-state index in [-0.39, 0.29) is 5.97 Å². The number of hydrogen-bond acceptors (Lipinski definition) is 3. The van der Waals surface area contributed by atoms with Gasteiger partial charge in [-0.1, -0.05) is 261 Å². The molecule has 0 fully saturated rings. The minimum absolute atomic E-state index is 0.268. The van der Waals surface area contributed by atoms with Crippen LogP contribution in [0.15, 0.2) is 121 Å². The van der Waals surface area contributed by atoms with Crippen LogP contribution in [0.25, 0.3) is 0 Å². The van der Waals surface area contributed by atoms with E-state index in [4.69, 9.17) is 9.47 Å². The van der Waals surface area contributed by atoms with Crippen LogP contribution in [0, 0.1) is 21.7 Å². The van der Waals surface area contributed by atoms with Gasteiger partial charge in [0, 0.05) is 13.3 Å². The summed E-state index contributed by atoms with van der Waals surface area (Å²) in [6.45, 7) is 27.1. The van der Waals surface area contributed by atoms with Crippen molar-refractivity contribution >= 4 is 5.97 Å². The van der Waals surface area contributed by atoms with Gasteiger partial charge >= 0.3 is 5.97 Å². The summed E-state index contributed by atoms with van der Waals surface area (Å²) in [6.07, 6.45) is 23.7. The Bertz CT molecular complexity index is 1670. The van der Waals surface area contributed by atoms with Crippen molar-refractivity contribution in [1.29, 1.82) is 0 Å². The van der Waals surface area contributed by atoms with Crippen molar-refractivity contribution in [3.05, 3.63) is 144 Å². The molecule has 0 saturated heterocycles. The van der Waals surface area contributed by atoms with Crippen LogP contribution in [0.4, 0.5) is 0 Å². The van der Waals surface area contributed by atoms with Gasteiger partial charge < -0.3 is 9.47 Å². The highest BCUT2D eigenvalue weighted by Crippen LogP contribution is 2.60. The minimum Gasteiger partial charge on any atom is -0.466 e. The summed E-state index contributed by atoms with van der Waals surface area (Å²) in [6, 6.07) is 42.3. The van der Waals surface area contributed by atoms with Crippen molar-refractivity contribution in [2.75, 3.05) is 13.2 Å². The zero-order valence-electron chi connectivity index (χ0n) is 43.5. The standard InChI is InChI=1S/C38H70.C24H24O3/c1-11-21-25-28-37(19-9,20-10)32-38(30-35(13-3,14-4)15-5,31-36(16-6,17-7)18-8)29-33(12-2)34-26-23-22-24-27-34;1-20(25)26-18-11-19-27-24(21-12-5-2-6-13-21,22-14-7-3-8-15-22)23-16-9-4-10-17-23/h22-24,26-27,33H,11-21,25,28-32H2,1-10H3;2-10,12-17H,11,18-19H2,1H3. The highest BCUT2D eigenvalue weighted by atomic mass is 16.5. The molecule has 0 radical (unpaired) electrons. The van der Waals surface area contributed by atoms with E-state index in [0.717, 1.165) is 16.7 Å². The molecule has 4 aromatic rings. The molecule has 0 aliphatic carbocycles. The molecule has 360 valence electrons. The zero-order valence-corrected chi connectivity index (χ0v) is 43.5. The molecule has 1 atom stereocenters. The first-order valence-electron chi connectivity index (χ1n) is 26.4. The molecule has 0 amide bonds. The number of hydrogen-bond donors (Lipinski definition) is 0. The van der Waals surface area contributed by atoms with Gasteiger partial charge in [-0.3, -0.25) is 4.79 Å². The molecular formula is C62H94O3. The lowest BCUT2D eigenvalue weighted by Gasteiger charge is -2.53. The first kappa shape index (κ1) is 55.6. The Balaban J connectivity index is 0.000000364. The van der Waals surface area contributed by atoms with Gasteiger partial charge in [0.05, 0.1) is 13.2 Å². The smallest absolute Gasteiger partial charge is 0.302 e. The molecule has 0 aliphatic heterocycles. The van der Waals surface area contributed by atoms with Crippen LogP contribution in [0.2, 0.25) is 0 Å². The SMILES string of the molecule is CC(=O)OCCCOC(c1ccccc1)(c1ccccc1)c1ccccc1.CCCCCC(CC)(CC)CC(CC(CC)c1ccccc1)(CC(CC)(CC)CC)CC(CC)(CC)CC. The van der Waals surface area contributed by atoms with Crippen molar-refractivity contribution in [2.45, 2.75) is 203 Å². The molecule has 0 aliphatic rings. The molecule has 0 N–H and O–H groups in total. The van der Waals surface area contributed by atoms with Crippen molar-refractivity contribution in [1.82, 2.24) is 0 Å². The molecule has 65 heavy (non-hydrogen) atoms. The Morgan fingerprint density at radius 2 is 0.846 bits per heavy atom. The third-order valence-corrected chi connectivity index (χ3v) is 16.5. The van der Waals surface area contributed by atoms with Gasteiger partial charge in [-0.2, -0.15) is 0 Å². The van der Waals surface area contributed by atoms with Crippen molar-refractivity contribution in [3.63, 3.8) is 0 Å². The molecule has 0 heterocycles. The maximum atomic E-state index is 11.0. The van der Waals surface area contributed by atoms with Crippen LogP contribution in [-0.4, -0.2) is 19.2 Å². The molecule has 0 spiro atoms. The number of carbonyl (C=O) groups is 1. The van der Waals surface area contributed by atoms with Crippen LogP contribution in [0.3, 0.4) is 0 Å². The van der Waals surface area contributed by atoms with Gasteiger partial charge in [0.15, 0.2) is 0 Å². The molecule has 3 nitrogen and oxygen atoms in total. The van der Waals surface area contributed by atoms with E-state index in [1.165, 1.54) is 116 Å². The van der Waals surface area contributed by atoms with E-state index in [1.54, 1.807) is 5.56 Å². The lowest BCUT2D eigenvalue weighted by molar-refractivity contribution is -0.141. The van der Waals surface area contributed by atoms with Gasteiger partial charge in [-0.05, 0) is 88.4 Å². The van der Waals surface area contributed by atoms with Crippen molar-refractivity contribution in [3.8, 4) is 0 Å². The molecule has 4 rings (SSSR count). The van der Waals surface area contributed by atoms with E-state index >= 15 is 0 Å². The maximum absolute atomic E-state index is 11.0. The molecular weight excluding hydrogens is 793 g/mol. The number of rotatable bonds is 30. The third-order valence-electron chi connectivity index (χ3n) is 16.5. The quantitative estimate of drug-likeness (QED) is 0.0297. The summed E-state index contributed by atoms with van der Waals surface area (Å²) in [5.41, 5.74) is 5.85. The minimum atomic E-state index is -0.722. The summed E-state index contributed by atoms with van der Waals surface area (Å²) in [5, 5.41) is 0. The fourth-order valence-corrected chi connectivity index (χ4v) is 11.7. The number of ether oxygens (including phenoxy) is 2. The maximum Gasteiger partial charge on any atom is 0.302 e. The summed E-state index contributed by atoms with van der Waals surface area (Å²) in [5.74, 6) is 0.389. The Morgan fingerprint density at radius 1 is 0.462 bits per heavy atom. The van der Waals surface area contributed by atoms with E-state index in [2.05, 4.69) is 136 Å². The predicted octanol–water partition coefficient (Wildman–Crippen LogP) is 18.5. The Labute approximate surface area is 400 Å². The third kappa shape index (κ3) is 15.7. The van der Waals surface area contributed by atoms with Crippen LogP contribution >= 0.6 is 0 Å². The Kier molecular flexibility index (Phi) is 24.4. The predicted molar refractivity (Wildman–Crippen MR) is 281 cm³/mol. The van der Waals surface area contributed by atoms with Crippen molar-refractivity contribution in [2.24, 2.45) is 21.7 Å². The molecule has 0 saturated carbocycles. The number of esters is 1. The largest absolute Gasteiger partial charge is 0.466 e. The fraction of sp³-hybridized carbons (Fsp3) is 0.597. The number of unbranched alkanes of at least 4 members (excludes halogenated alkanes) is 2. The van der Waals surface area contributed by atoms with E-state index in [0.29, 0.717) is 47.2 Å². The van der Waals surface area contributed by atoms with Crippen LogP contribution in [-0.2, 0) is 19.9 Å². The Morgan fingerprint density at radius 3 is 1.20 bits per heavy atom. The van der Waals surface area contributed by atoms with E-state index < -0.39 is 5.60 Å². The first-order valence-corrected chi connectivity index (χ1v) is 26.4. The molecule has 0 bridgehead atoms. The van der Waals surface area contributed by atoms with Crippen molar-refractivity contribution < 1.29 is 14.3 Å². The highest BCUT2D eigenvalue weighted by molar-refractivity contribution is 5.65. The normalized spacial score (nSPS) is 12.9. The first-order chi connectivity index (χ1) is 31.4. The van der Waals surface area contributed by atoms with Crippen LogP contribution in [0.1, 0.15) is 220 Å². The number of benzene rings is 4. The molecule has 3 heteroatoms. The van der Waals surface area contributed by atoms with Gasteiger partial charge in [0.1, 0.15) is 5.60 Å². The number of carbonyl (C=O) groups excluding carboxylic acids is 1. The van der Waals surface area contributed by atoms with Gasteiger partial charge in [0.25, 0.3) is 0 Å². The second kappa shape index (κ2) is 28.5. The lowest BCUT2D eigenvalue weighted by Crippen LogP contribution is -2.41. The van der Waals surface area contributed by atoms with E-state index in [1.807, 2.05) is 54.6 Å². The summed E-state index contributed by atoms with van der Waals surface area (Å²) in [4.78, 5) is 11.0. The summed E-state index contributed by atoms with van der Waals surface area (Å²) in [7, 11) is 0. The Hall–Kier alpha value is -3.69. The summed E-state index contributed by atoms with van der Waals surface area (Å²) >= 11 is 0. The van der Waals surface area contributed by atoms with E-state index in [9.17, 15) is 4.79 Å². The van der Waals surface area contributed by atoms with Crippen LogP contribution in [0.5, 0.6) is 0 Å². The average Bonchev–Trinajstić information content (AvgIpc) is 3.36. The van der Waals surface area contributed by atoms with Crippen LogP contribution < -0.4 is 0 Å². The van der Waals surface area contributed by atoms with Gasteiger partial charge in [-0.15, -0.1) is 0 Å². The molecule has 0 aromatic heterocycles. The molecule has 1 unspecified atom stereocenters. The average molecular weight is 887 g/mol. The van der Waals surface area contributed by atoms with Gasteiger partial charge in [0.2, 0.25) is 0 Å². The second-order valence-corrected chi connectivity index (χ2v) is 19.9. The fourth-order valence-electron chi connectivity index (χ4n) is 11.7. The van der Waals surface area contributed by atoms with Gasteiger partial charge in [-0.25, -0.2) is 0 Å².